The van der Waals surface area contributed by atoms with Gasteiger partial charge in [0, 0.05) is 5.56 Å². The van der Waals surface area contributed by atoms with Gasteiger partial charge in [0.15, 0.2) is 0 Å². The van der Waals surface area contributed by atoms with Crippen LogP contribution in [0.25, 0.3) is 10.6 Å². The molecule has 1 aromatic heterocycles. The number of nitrogens with zero attached hydrogens (tertiary/aromatic N) is 1. The van der Waals surface area contributed by atoms with E-state index < -0.39 is 5.97 Å². The number of carboxylic acids is 1. The number of thiazole rings is 1. The minimum absolute atomic E-state index is 0.0798. The largest absolute Gasteiger partial charge is 0.491 e. The van der Waals surface area contributed by atoms with Gasteiger partial charge in [0.05, 0.1) is 11.8 Å². The quantitative estimate of drug-likeness (QED) is 0.888. The Morgan fingerprint density at radius 1 is 1.29 bits per heavy atom. The molecule has 2 aromatic rings. The fourth-order valence-electron chi connectivity index (χ4n) is 1.97. The van der Waals surface area contributed by atoms with Crippen LogP contribution in [0.4, 0.5) is 0 Å². The van der Waals surface area contributed by atoms with Crippen LogP contribution in [-0.2, 0) is 0 Å². The third-order valence-corrected chi connectivity index (χ3v) is 3.96. The molecule has 0 unspecified atom stereocenters. The molecule has 0 saturated carbocycles. The summed E-state index contributed by atoms with van der Waals surface area (Å²) in [5, 5.41) is 10.0. The number of benzene rings is 1. The third-order valence-electron chi connectivity index (χ3n) is 2.85. The molecule has 0 radical (unpaired) electrons. The van der Waals surface area contributed by atoms with Gasteiger partial charge in [-0.15, -0.1) is 11.3 Å². The van der Waals surface area contributed by atoms with Crippen molar-refractivity contribution in [3.8, 4) is 16.3 Å². The van der Waals surface area contributed by atoms with Gasteiger partial charge in [-0.2, -0.15) is 0 Å². The maximum atomic E-state index is 11.3. The summed E-state index contributed by atoms with van der Waals surface area (Å²) in [6.45, 7) is 7.83. The first kappa shape index (κ1) is 15.5. The molecule has 0 aliphatic carbocycles. The number of carboxylic acid groups (broad SMARTS) is 1. The monoisotopic (exact) mass is 305 g/mol. The fraction of sp³-hybridized carbons (Fsp3) is 0.375. The van der Waals surface area contributed by atoms with Gasteiger partial charge >= 0.3 is 5.97 Å². The van der Waals surface area contributed by atoms with Crippen LogP contribution in [0.2, 0.25) is 0 Å². The van der Waals surface area contributed by atoms with Crippen LogP contribution in [0.1, 0.15) is 49.0 Å². The molecule has 1 N–H and O–H groups in total. The topological polar surface area (TPSA) is 59.4 Å². The number of ether oxygens (including phenoxy) is 1. The van der Waals surface area contributed by atoms with Crippen LogP contribution >= 0.6 is 11.3 Å². The van der Waals surface area contributed by atoms with Crippen molar-refractivity contribution >= 4 is 17.3 Å². The van der Waals surface area contributed by atoms with E-state index in [0.717, 1.165) is 11.3 Å². The molecule has 1 heterocycles. The van der Waals surface area contributed by atoms with Gasteiger partial charge in [-0.05, 0) is 31.9 Å². The Labute approximate surface area is 128 Å². The van der Waals surface area contributed by atoms with Crippen molar-refractivity contribution in [1.82, 2.24) is 4.98 Å². The van der Waals surface area contributed by atoms with Gasteiger partial charge in [0.25, 0.3) is 0 Å². The number of aromatic carboxylic acids is 1. The SMILES string of the molecule is CC(C)Oc1cccc(-c2nc(C(C)C)c(C(=O)O)s2)c1. The van der Waals surface area contributed by atoms with Crippen LogP contribution in [0.5, 0.6) is 5.75 Å². The van der Waals surface area contributed by atoms with Gasteiger partial charge in [-0.25, -0.2) is 9.78 Å². The number of hydrogen-bond acceptors (Lipinski definition) is 4. The molecule has 0 amide bonds. The van der Waals surface area contributed by atoms with E-state index in [1.807, 2.05) is 52.0 Å². The van der Waals surface area contributed by atoms with Crippen molar-refractivity contribution in [1.29, 1.82) is 0 Å². The molecular formula is C16H19NO3S. The number of carbonyl (C=O) groups is 1. The zero-order valence-corrected chi connectivity index (χ0v) is 13.4. The summed E-state index contributed by atoms with van der Waals surface area (Å²) in [5.41, 5.74) is 1.52. The van der Waals surface area contributed by atoms with Crippen molar-refractivity contribution in [3.63, 3.8) is 0 Å². The van der Waals surface area contributed by atoms with Crippen LogP contribution in [0.3, 0.4) is 0 Å². The highest BCUT2D eigenvalue weighted by Gasteiger charge is 2.20. The molecule has 0 fully saturated rings. The summed E-state index contributed by atoms with van der Waals surface area (Å²) in [6, 6.07) is 7.60. The summed E-state index contributed by atoms with van der Waals surface area (Å²) in [5.74, 6) is -0.0751. The first-order valence-corrected chi connectivity index (χ1v) is 7.71. The van der Waals surface area contributed by atoms with Crippen molar-refractivity contribution in [2.75, 3.05) is 0 Å². The average Bonchev–Trinajstić information content (AvgIpc) is 2.83. The average molecular weight is 305 g/mol. The van der Waals surface area contributed by atoms with Crippen LogP contribution in [-0.4, -0.2) is 22.2 Å². The van der Waals surface area contributed by atoms with Crippen LogP contribution < -0.4 is 4.74 Å². The molecule has 21 heavy (non-hydrogen) atoms. The predicted octanol–water partition coefficient (Wildman–Crippen LogP) is 4.42. The van der Waals surface area contributed by atoms with Gasteiger partial charge in [-0.1, -0.05) is 26.0 Å². The Kier molecular flexibility index (Phi) is 4.63. The van der Waals surface area contributed by atoms with Crippen molar-refractivity contribution in [3.05, 3.63) is 34.8 Å². The lowest BCUT2D eigenvalue weighted by Gasteiger charge is -2.10. The van der Waals surface area contributed by atoms with E-state index in [0.29, 0.717) is 15.6 Å². The van der Waals surface area contributed by atoms with Gasteiger partial charge in [-0.3, -0.25) is 0 Å². The standard InChI is InChI=1S/C16H19NO3S/c1-9(2)13-14(16(18)19)21-15(17-13)11-6-5-7-12(8-11)20-10(3)4/h5-10H,1-4H3,(H,18,19). The lowest BCUT2D eigenvalue weighted by atomic mass is 10.1. The summed E-state index contributed by atoms with van der Waals surface area (Å²) in [4.78, 5) is 16.1. The number of aromatic nitrogens is 1. The molecule has 0 atom stereocenters. The zero-order chi connectivity index (χ0) is 15.6. The molecule has 112 valence electrons. The molecule has 5 heteroatoms. The highest BCUT2D eigenvalue weighted by atomic mass is 32.1. The van der Waals surface area contributed by atoms with Gasteiger partial charge < -0.3 is 9.84 Å². The molecule has 0 spiro atoms. The molecule has 0 bridgehead atoms. The summed E-state index contributed by atoms with van der Waals surface area (Å²) in [6.07, 6.45) is 0.0948. The summed E-state index contributed by atoms with van der Waals surface area (Å²) >= 11 is 1.21. The molecular weight excluding hydrogens is 286 g/mol. The highest BCUT2D eigenvalue weighted by molar-refractivity contribution is 7.17. The molecule has 0 aliphatic rings. The highest BCUT2D eigenvalue weighted by Crippen LogP contribution is 2.33. The van der Waals surface area contributed by atoms with E-state index in [2.05, 4.69) is 4.98 Å². The third kappa shape index (κ3) is 3.61. The minimum atomic E-state index is -0.919. The number of hydrogen-bond donors (Lipinski definition) is 1. The first-order chi connectivity index (χ1) is 9.88. The smallest absolute Gasteiger partial charge is 0.347 e. The second kappa shape index (κ2) is 6.26. The van der Waals surface area contributed by atoms with E-state index >= 15 is 0 Å². The van der Waals surface area contributed by atoms with Crippen LogP contribution in [0.15, 0.2) is 24.3 Å². The molecule has 4 nitrogen and oxygen atoms in total. The second-order valence-corrected chi connectivity index (χ2v) is 6.39. The zero-order valence-electron chi connectivity index (χ0n) is 12.6. The Morgan fingerprint density at radius 2 is 2.00 bits per heavy atom. The van der Waals surface area contributed by atoms with Crippen LogP contribution in [0, 0.1) is 0 Å². The second-order valence-electron chi connectivity index (χ2n) is 5.39. The van der Waals surface area contributed by atoms with E-state index in [9.17, 15) is 9.90 Å². The Morgan fingerprint density at radius 3 is 2.52 bits per heavy atom. The Bertz CT molecular complexity index is 647. The van der Waals surface area contributed by atoms with E-state index in [1.54, 1.807) is 0 Å². The fourth-order valence-corrected chi connectivity index (χ4v) is 3.03. The number of rotatable bonds is 5. The lowest BCUT2D eigenvalue weighted by Crippen LogP contribution is -2.05. The Hall–Kier alpha value is -1.88. The normalized spacial score (nSPS) is 11.1. The Balaban J connectivity index is 2.42. The van der Waals surface area contributed by atoms with Crippen molar-refractivity contribution in [2.45, 2.75) is 39.7 Å². The van der Waals surface area contributed by atoms with Gasteiger partial charge in [0.2, 0.25) is 0 Å². The molecule has 0 aliphatic heterocycles. The van der Waals surface area contributed by atoms with Crippen molar-refractivity contribution < 1.29 is 14.6 Å². The maximum Gasteiger partial charge on any atom is 0.347 e. The lowest BCUT2D eigenvalue weighted by molar-refractivity contribution is 0.0700. The predicted molar refractivity (Wildman–Crippen MR) is 84.4 cm³/mol. The molecule has 0 saturated heterocycles. The molecule has 2 rings (SSSR count). The van der Waals surface area contributed by atoms with Crippen molar-refractivity contribution in [2.24, 2.45) is 0 Å². The first-order valence-electron chi connectivity index (χ1n) is 6.89. The van der Waals surface area contributed by atoms with E-state index in [-0.39, 0.29) is 12.0 Å². The van der Waals surface area contributed by atoms with Gasteiger partial charge in [0.1, 0.15) is 15.6 Å². The van der Waals surface area contributed by atoms with E-state index in [1.165, 1.54) is 11.3 Å². The summed E-state index contributed by atoms with van der Waals surface area (Å²) < 4.78 is 5.67. The minimum Gasteiger partial charge on any atom is -0.491 e. The maximum absolute atomic E-state index is 11.3. The van der Waals surface area contributed by atoms with E-state index in [4.69, 9.17) is 4.74 Å². The summed E-state index contributed by atoms with van der Waals surface area (Å²) in [7, 11) is 0. The molecule has 1 aromatic carbocycles.